The fraction of sp³-hybridized carbons (Fsp3) is 0.200. The van der Waals surface area contributed by atoms with Crippen molar-refractivity contribution in [2.45, 2.75) is 20.3 Å². The van der Waals surface area contributed by atoms with Crippen LogP contribution >= 0.6 is 0 Å². The summed E-state index contributed by atoms with van der Waals surface area (Å²) in [6.07, 6.45) is 2.47. The van der Waals surface area contributed by atoms with Gasteiger partial charge in [0.05, 0.1) is 0 Å². The van der Waals surface area contributed by atoms with Crippen molar-refractivity contribution in [2.24, 2.45) is 0 Å². The number of amides is 2. The van der Waals surface area contributed by atoms with Crippen molar-refractivity contribution in [1.82, 2.24) is 5.32 Å². The number of hydrogen-bond acceptors (Lipinski definition) is 2. The van der Waals surface area contributed by atoms with Crippen LogP contribution < -0.4 is 10.6 Å². The van der Waals surface area contributed by atoms with E-state index >= 15 is 0 Å². The predicted octanol–water partition coefficient (Wildman–Crippen LogP) is 3.73. The molecule has 0 aliphatic carbocycles. The lowest BCUT2D eigenvalue weighted by atomic mass is 10.0. The molecule has 2 aromatic carbocycles. The van der Waals surface area contributed by atoms with Gasteiger partial charge in [-0.3, -0.25) is 9.59 Å². The van der Waals surface area contributed by atoms with Crippen molar-refractivity contribution in [3.63, 3.8) is 0 Å². The second kappa shape index (κ2) is 8.11. The number of carbonyl (C=O) groups is 2. The summed E-state index contributed by atoms with van der Waals surface area (Å²) in [6, 6.07) is 12.6. The fourth-order valence-electron chi connectivity index (χ4n) is 2.43. The molecule has 0 aromatic heterocycles. The summed E-state index contributed by atoms with van der Waals surface area (Å²) in [5.41, 5.74) is 4.02. The third-order valence-corrected chi connectivity index (χ3v) is 3.79. The van der Waals surface area contributed by atoms with Crippen molar-refractivity contribution >= 4 is 17.5 Å². The van der Waals surface area contributed by atoms with E-state index in [0.29, 0.717) is 17.7 Å². The molecule has 0 fully saturated rings. The van der Waals surface area contributed by atoms with E-state index in [-0.39, 0.29) is 11.8 Å². The van der Waals surface area contributed by atoms with Crippen molar-refractivity contribution in [3.8, 4) is 0 Å². The maximum absolute atomic E-state index is 12.5. The van der Waals surface area contributed by atoms with Crippen LogP contribution in [0.4, 0.5) is 5.69 Å². The first-order valence-corrected chi connectivity index (χ1v) is 7.95. The molecule has 0 saturated heterocycles. The highest BCUT2D eigenvalue weighted by Gasteiger charge is 2.11. The Bertz CT molecular complexity index is 749. The molecule has 24 heavy (non-hydrogen) atoms. The first-order valence-electron chi connectivity index (χ1n) is 7.95. The van der Waals surface area contributed by atoms with Gasteiger partial charge in [-0.05, 0) is 48.7 Å². The largest absolute Gasteiger partial charge is 0.349 e. The van der Waals surface area contributed by atoms with Gasteiger partial charge in [-0.2, -0.15) is 0 Å². The predicted molar refractivity (Wildman–Crippen MR) is 97.5 cm³/mol. The van der Waals surface area contributed by atoms with E-state index in [1.54, 1.807) is 30.3 Å². The molecule has 0 unspecified atom stereocenters. The number of nitrogens with one attached hydrogen (secondary N) is 2. The summed E-state index contributed by atoms with van der Waals surface area (Å²) in [6.45, 7) is 8.00. The average Bonchev–Trinajstić information content (AvgIpc) is 2.61. The van der Waals surface area contributed by atoms with E-state index in [1.807, 2.05) is 25.1 Å². The molecule has 0 spiro atoms. The lowest BCUT2D eigenvalue weighted by Crippen LogP contribution is -2.23. The smallest absolute Gasteiger partial charge is 0.255 e. The van der Waals surface area contributed by atoms with Crippen LogP contribution in [-0.4, -0.2) is 18.4 Å². The summed E-state index contributed by atoms with van der Waals surface area (Å²) >= 11 is 0. The quantitative estimate of drug-likeness (QED) is 0.796. The van der Waals surface area contributed by atoms with Gasteiger partial charge < -0.3 is 10.6 Å². The van der Waals surface area contributed by atoms with Crippen molar-refractivity contribution < 1.29 is 9.59 Å². The third-order valence-electron chi connectivity index (χ3n) is 3.79. The van der Waals surface area contributed by atoms with Crippen LogP contribution in [0, 0.1) is 6.92 Å². The minimum atomic E-state index is -0.186. The van der Waals surface area contributed by atoms with Gasteiger partial charge >= 0.3 is 0 Å². The van der Waals surface area contributed by atoms with Crippen molar-refractivity contribution in [3.05, 3.63) is 77.4 Å². The minimum Gasteiger partial charge on any atom is -0.349 e. The molecule has 0 aliphatic rings. The molecule has 0 atom stereocenters. The van der Waals surface area contributed by atoms with E-state index in [1.165, 1.54) is 0 Å². The lowest BCUT2D eigenvalue weighted by Gasteiger charge is -2.13. The Kier molecular flexibility index (Phi) is 5.90. The van der Waals surface area contributed by atoms with Crippen LogP contribution in [0.3, 0.4) is 0 Å². The normalized spacial score (nSPS) is 10.1. The van der Waals surface area contributed by atoms with Gasteiger partial charge in [0, 0.05) is 23.4 Å². The van der Waals surface area contributed by atoms with Crippen LogP contribution in [0.25, 0.3) is 0 Å². The van der Waals surface area contributed by atoms with E-state index < -0.39 is 0 Å². The molecule has 2 aromatic rings. The first-order chi connectivity index (χ1) is 11.6. The van der Waals surface area contributed by atoms with Gasteiger partial charge in [-0.15, -0.1) is 6.58 Å². The zero-order chi connectivity index (χ0) is 17.5. The molecule has 0 aliphatic heterocycles. The average molecular weight is 322 g/mol. The van der Waals surface area contributed by atoms with E-state index in [2.05, 4.69) is 24.1 Å². The second-order valence-electron chi connectivity index (χ2n) is 5.49. The van der Waals surface area contributed by atoms with E-state index in [0.717, 1.165) is 23.2 Å². The summed E-state index contributed by atoms with van der Waals surface area (Å²) in [5, 5.41) is 5.68. The molecule has 124 valence electrons. The van der Waals surface area contributed by atoms with Gasteiger partial charge in [0.15, 0.2) is 0 Å². The number of rotatable bonds is 6. The standard InChI is InChI=1S/C20H22N2O2/c1-4-13-21-19(23)16-9-11-17(12-10-16)20(24)22-18-14(3)7-6-8-15(18)5-2/h4,6-12H,1,5,13H2,2-3H3,(H,21,23)(H,22,24). The molecule has 4 nitrogen and oxygen atoms in total. The molecule has 0 saturated carbocycles. The van der Waals surface area contributed by atoms with Crippen LogP contribution in [0.1, 0.15) is 38.8 Å². The number of anilines is 1. The number of para-hydroxylation sites is 1. The molecule has 0 radical (unpaired) electrons. The second-order valence-corrected chi connectivity index (χ2v) is 5.49. The summed E-state index contributed by atoms with van der Waals surface area (Å²) < 4.78 is 0. The summed E-state index contributed by atoms with van der Waals surface area (Å²) in [4.78, 5) is 24.3. The zero-order valence-corrected chi connectivity index (χ0v) is 14.1. The van der Waals surface area contributed by atoms with Crippen LogP contribution in [0.15, 0.2) is 55.1 Å². The lowest BCUT2D eigenvalue weighted by molar-refractivity contribution is 0.0956. The monoisotopic (exact) mass is 322 g/mol. The van der Waals surface area contributed by atoms with Gasteiger partial charge in [0.25, 0.3) is 11.8 Å². The van der Waals surface area contributed by atoms with Crippen LogP contribution in [-0.2, 0) is 6.42 Å². The Morgan fingerprint density at radius 3 is 2.25 bits per heavy atom. The Morgan fingerprint density at radius 2 is 1.67 bits per heavy atom. The number of aryl methyl sites for hydroxylation is 2. The topological polar surface area (TPSA) is 58.2 Å². The highest BCUT2D eigenvalue weighted by molar-refractivity contribution is 6.05. The molecule has 4 heteroatoms. The van der Waals surface area contributed by atoms with Gasteiger partial charge in [0.2, 0.25) is 0 Å². The van der Waals surface area contributed by atoms with Crippen molar-refractivity contribution in [2.75, 3.05) is 11.9 Å². The maximum Gasteiger partial charge on any atom is 0.255 e. The Labute approximate surface area is 142 Å². The Morgan fingerprint density at radius 1 is 1.04 bits per heavy atom. The molecule has 0 heterocycles. The molecular formula is C20H22N2O2. The van der Waals surface area contributed by atoms with E-state index in [9.17, 15) is 9.59 Å². The number of hydrogen-bond donors (Lipinski definition) is 2. The van der Waals surface area contributed by atoms with Crippen LogP contribution in [0.5, 0.6) is 0 Å². The third kappa shape index (κ3) is 4.10. The van der Waals surface area contributed by atoms with E-state index in [4.69, 9.17) is 0 Å². The van der Waals surface area contributed by atoms with Gasteiger partial charge in [0.1, 0.15) is 0 Å². The summed E-state index contributed by atoms with van der Waals surface area (Å²) in [5.74, 6) is -0.369. The highest BCUT2D eigenvalue weighted by atomic mass is 16.2. The summed E-state index contributed by atoms with van der Waals surface area (Å²) in [7, 11) is 0. The number of carbonyl (C=O) groups excluding carboxylic acids is 2. The minimum absolute atomic E-state index is 0.183. The highest BCUT2D eigenvalue weighted by Crippen LogP contribution is 2.22. The SMILES string of the molecule is C=CCNC(=O)c1ccc(C(=O)Nc2c(C)cccc2CC)cc1. The maximum atomic E-state index is 12.5. The molecule has 0 bridgehead atoms. The van der Waals surface area contributed by atoms with Gasteiger partial charge in [-0.25, -0.2) is 0 Å². The fourth-order valence-corrected chi connectivity index (χ4v) is 2.43. The molecule has 2 N–H and O–H groups in total. The van der Waals surface area contributed by atoms with Gasteiger partial charge in [-0.1, -0.05) is 31.2 Å². The Hall–Kier alpha value is -2.88. The Balaban J connectivity index is 2.14. The molecule has 2 amide bonds. The zero-order valence-electron chi connectivity index (χ0n) is 14.1. The van der Waals surface area contributed by atoms with Crippen LogP contribution in [0.2, 0.25) is 0 Å². The van der Waals surface area contributed by atoms with Crippen molar-refractivity contribution in [1.29, 1.82) is 0 Å². The molecule has 2 rings (SSSR count). The first kappa shape index (κ1) is 17.5. The molecular weight excluding hydrogens is 300 g/mol. The number of benzene rings is 2.